The smallest absolute Gasteiger partial charge is 0.140 e. The van der Waals surface area contributed by atoms with Crippen molar-refractivity contribution < 1.29 is 4.39 Å². The van der Waals surface area contributed by atoms with E-state index < -0.39 is 11.9 Å². The third-order valence-electron chi connectivity index (χ3n) is 2.50. The highest BCUT2D eigenvalue weighted by Crippen LogP contribution is 2.24. The second-order valence-corrected chi connectivity index (χ2v) is 4.79. The molecule has 0 aliphatic heterocycles. The van der Waals surface area contributed by atoms with Crippen molar-refractivity contribution in [1.82, 2.24) is 0 Å². The maximum atomic E-state index is 13.3. The Labute approximate surface area is 120 Å². The van der Waals surface area contributed by atoms with E-state index in [1.165, 1.54) is 12.1 Å². The summed E-state index contributed by atoms with van der Waals surface area (Å²) in [4.78, 5) is 0. The molecule has 0 radical (unpaired) electrons. The van der Waals surface area contributed by atoms with E-state index in [2.05, 4.69) is 11.4 Å². The minimum absolute atomic E-state index is 0.258. The van der Waals surface area contributed by atoms with Crippen molar-refractivity contribution in [2.24, 2.45) is 0 Å². The van der Waals surface area contributed by atoms with Crippen molar-refractivity contribution in [1.29, 1.82) is 5.26 Å². The summed E-state index contributed by atoms with van der Waals surface area (Å²) in [6.45, 7) is 0. The fraction of sp³-hybridized carbons (Fsp3) is 0.0714. The molecule has 0 aliphatic carbocycles. The third-order valence-corrected chi connectivity index (χ3v) is 2.97. The number of nitriles is 1. The summed E-state index contributed by atoms with van der Waals surface area (Å²) < 4.78 is 13.3. The second-order valence-electron chi connectivity index (χ2n) is 3.92. The Balaban J connectivity index is 2.25. The molecule has 0 fully saturated rings. The molecule has 1 unspecified atom stereocenters. The molecule has 1 atom stereocenters. The molecule has 0 aromatic heterocycles. The SMILES string of the molecule is N#CC(Nc1ccc(Cl)cc1)c1cc(F)cc(Cl)c1. The number of anilines is 1. The molecule has 2 nitrogen and oxygen atoms in total. The van der Waals surface area contributed by atoms with Crippen LogP contribution in [0.2, 0.25) is 10.0 Å². The Morgan fingerprint density at radius 1 is 1.05 bits per heavy atom. The lowest BCUT2D eigenvalue weighted by molar-refractivity contribution is 0.625. The Hall–Kier alpha value is -1.76. The molecule has 2 aromatic rings. The molecule has 0 aliphatic rings. The van der Waals surface area contributed by atoms with Crippen molar-refractivity contribution >= 4 is 28.9 Å². The number of hydrogen-bond acceptors (Lipinski definition) is 2. The fourth-order valence-electron chi connectivity index (χ4n) is 1.64. The van der Waals surface area contributed by atoms with Gasteiger partial charge in [-0.15, -0.1) is 0 Å². The molecule has 1 N–H and O–H groups in total. The number of rotatable bonds is 3. The van der Waals surface area contributed by atoms with Gasteiger partial charge in [-0.1, -0.05) is 23.2 Å². The van der Waals surface area contributed by atoms with Gasteiger partial charge in [-0.3, -0.25) is 0 Å². The van der Waals surface area contributed by atoms with Crippen LogP contribution in [-0.2, 0) is 0 Å². The standard InChI is InChI=1S/C14H9Cl2FN2/c15-10-1-3-13(4-2-10)19-14(8-18)9-5-11(16)7-12(17)6-9/h1-7,14,19H. The maximum absolute atomic E-state index is 13.3. The first kappa shape index (κ1) is 13.7. The summed E-state index contributed by atoms with van der Waals surface area (Å²) in [6.07, 6.45) is 0. The molecule has 5 heteroatoms. The van der Waals surface area contributed by atoms with Crippen molar-refractivity contribution in [3.8, 4) is 6.07 Å². The van der Waals surface area contributed by atoms with Gasteiger partial charge >= 0.3 is 0 Å². The molecule has 96 valence electrons. The molecule has 2 rings (SSSR count). The Bertz CT molecular complexity index is 600. The molecule has 0 saturated carbocycles. The topological polar surface area (TPSA) is 35.8 Å². The lowest BCUT2D eigenvalue weighted by atomic mass is 10.1. The van der Waals surface area contributed by atoms with Crippen LogP contribution in [-0.4, -0.2) is 0 Å². The molecule has 2 aromatic carbocycles. The number of benzene rings is 2. The highest BCUT2D eigenvalue weighted by atomic mass is 35.5. The molecular weight excluding hydrogens is 286 g/mol. The minimum atomic E-state index is -0.686. The van der Waals surface area contributed by atoms with E-state index in [1.807, 2.05) is 0 Å². The van der Waals surface area contributed by atoms with Crippen LogP contribution < -0.4 is 5.32 Å². The lowest BCUT2D eigenvalue weighted by Crippen LogP contribution is -2.08. The lowest BCUT2D eigenvalue weighted by Gasteiger charge is -2.13. The molecule has 19 heavy (non-hydrogen) atoms. The van der Waals surface area contributed by atoms with E-state index in [1.54, 1.807) is 30.3 Å². The number of halogens is 3. The minimum Gasteiger partial charge on any atom is -0.366 e. The molecule has 0 heterocycles. The summed E-state index contributed by atoms with van der Waals surface area (Å²) in [6, 6.07) is 12.3. The summed E-state index contributed by atoms with van der Waals surface area (Å²) in [5, 5.41) is 13.0. The van der Waals surface area contributed by atoms with Crippen LogP contribution in [0.1, 0.15) is 11.6 Å². The van der Waals surface area contributed by atoms with Crippen LogP contribution in [0.5, 0.6) is 0 Å². The molecule has 0 spiro atoms. The zero-order valence-corrected chi connectivity index (χ0v) is 11.2. The number of nitrogens with one attached hydrogen (secondary N) is 1. The maximum Gasteiger partial charge on any atom is 0.140 e. The Morgan fingerprint density at radius 2 is 1.74 bits per heavy atom. The quantitative estimate of drug-likeness (QED) is 0.882. The zero-order chi connectivity index (χ0) is 13.8. The van der Waals surface area contributed by atoms with Gasteiger partial charge in [-0.05, 0) is 48.0 Å². The van der Waals surface area contributed by atoms with Crippen LogP contribution in [0.4, 0.5) is 10.1 Å². The van der Waals surface area contributed by atoms with E-state index in [0.29, 0.717) is 10.6 Å². The van der Waals surface area contributed by atoms with Crippen LogP contribution in [0.15, 0.2) is 42.5 Å². The Kier molecular flexibility index (Phi) is 4.26. The number of hydrogen-bond donors (Lipinski definition) is 1. The van der Waals surface area contributed by atoms with Crippen LogP contribution >= 0.6 is 23.2 Å². The van der Waals surface area contributed by atoms with Gasteiger partial charge in [0.15, 0.2) is 0 Å². The highest BCUT2D eigenvalue weighted by Gasteiger charge is 2.12. The van der Waals surface area contributed by atoms with Gasteiger partial charge in [0.25, 0.3) is 0 Å². The average molecular weight is 295 g/mol. The van der Waals surface area contributed by atoms with Crippen LogP contribution in [0.3, 0.4) is 0 Å². The van der Waals surface area contributed by atoms with Gasteiger partial charge in [0.05, 0.1) is 6.07 Å². The van der Waals surface area contributed by atoms with Crippen LogP contribution in [0, 0.1) is 17.1 Å². The van der Waals surface area contributed by atoms with E-state index in [9.17, 15) is 9.65 Å². The second kappa shape index (κ2) is 5.92. The summed E-state index contributed by atoms with van der Waals surface area (Å²) >= 11 is 11.6. The van der Waals surface area contributed by atoms with E-state index in [-0.39, 0.29) is 5.02 Å². The van der Waals surface area contributed by atoms with Gasteiger partial charge in [-0.25, -0.2) is 4.39 Å². The first-order chi connectivity index (χ1) is 9.08. The molecule has 0 bridgehead atoms. The normalized spacial score (nSPS) is 11.7. The van der Waals surface area contributed by atoms with Gasteiger partial charge < -0.3 is 5.32 Å². The summed E-state index contributed by atoms with van der Waals surface area (Å²) in [5.74, 6) is -0.472. The number of nitrogens with zero attached hydrogens (tertiary/aromatic N) is 1. The van der Waals surface area contributed by atoms with Crippen molar-refractivity contribution in [2.75, 3.05) is 5.32 Å². The Morgan fingerprint density at radius 3 is 2.32 bits per heavy atom. The predicted octanol–water partition coefficient (Wildman–Crippen LogP) is 4.81. The molecule has 0 saturated heterocycles. The van der Waals surface area contributed by atoms with Gasteiger partial charge in [0, 0.05) is 15.7 Å². The first-order valence-corrected chi connectivity index (χ1v) is 6.22. The average Bonchev–Trinajstić information content (AvgIpc) is 2.37. The molecule has 0 amide bonds. The third kappa shape index (κ3) is 3.60. The largest absolute Gasteiger partial charge is 0.366 e. The van der Waals surface area contributed by atoms with E-state index in [4.69, 9.17) is 23.2 Å². The monoisotopic (exact) mass is 294 g/mol. The summed E-state index contributed by atoms with van der Waals surface area (Å²) in [7, 11) is 0. The first-order valence-electron chi connectivity index (χ1n) is 5.46. The van der Waals surface area contributed by atoms with Crippen molar-refractivity contribution in [2.45, 2.75) is 6.04 Å². The van der Waals surface area contributed by atoms with Gasteiger partial charge in [0.2, 0.25) is 0 Å². The van der Waals surface area contributed by atoms with Crippen LogP contribution in [0.25, 0.3) is 0 Å². The van der Waals surface area contributed by atoms with Gasteiger partial charge in [0.1, 0.15) is 11.9 Å². The molecular formula is C14H9Cl2FN2. The van der Waals surface area contributed by atoms with Crippen molar-refractivity contribution in [3.63, 3.8) is 0 Å². The fourth-order valence-corrected chi connectivity index (χ4v) is 2.00. The van der Waals surface area contributed by atoms with E-state index >= 15 is 0 Å². The summed E-state index contributed by atoms with van der Waals surface area (Å²) in [5.41, 5.74) is 1.19. The predicted molar refractivity (Wildman–Crippen MR) is 74.8 cm³/mol. The van der Waals surface area contributed by atoms with Crippen molar-refractivity contribution in [3.05, 3.63) is 63.9 Å². The zero-order valence-electron chi connectivity index (χ0n) is 9.70. The highest BCUT2D eigenvalue weighted by molar-refractivity contribution is 6.30. The van der Waals surface area contributed by atoms with Gasteiger partial charge in [-0.2, -0.15) is 5.26 Å². The van der Waals surface area contributed by atoms with E-state index in [0.717, 1.165) is 5.69 Å².